The Labute approximate surface area is 221 Å². The predicted octanol–water partition coefficient (Wildman–Crippen LogP) is 5.37. The van der Waals surface area contributed by atoms with Gasteiger partial charge in [0.2, 0.25) is 5.91 Å². The number of nitrogens with one attached hydrogen (secondary N) is 1. The first-order valence-electron chi connectivity index (χ1n) is 13.4. The molecule has 6 nitrogen and oxygen atoms in total. The lowest BCUT2D eigenvalue weighted by Crippen LogP contribution is -2.46. The third-order valence-corrected chi connectivity index (χ3v) is 6.88. The zero-order chi connectivity index (χ0) is 25.9. The molecule has 1 aliphatic heterocycles. The second-order valence-corrected chi connectivity index (χ2v) is 9.35. The number of rotatable bonds is 12. The van der Waals surface area contributed by atoms with E-state index in [-0.39, 0.29) is 5.91 Å². The van der Waals surface area contributed by atoms with Crippen molar-refractivity contribution < 1.29 is 14.3 Å². The standard InChI is InChI=1S/C31H39N3O3/c1-3-37-30-16-7-6-15-29(30)34-21-19-33(20-22-34)18-9-8-17-31(35)32-24-26-11-4-5-14-28(26)25-12-10-13-27(23-25)36-2/h4-7,10-16,23H,3,8-9,17-22,24H2,1-2H3,(H,32,35). The number of anilines is 1. The van der Waals surface area contributed by atoms with Crippen molar-refractivity contribution in [2.45, 2.75) is 32.7 Å². The van der Waals surface area contributed by atoms with Crippen LogP contribution < -0.4 is 19.7 Å². The summed E-state index contributed by atoms with van der Waals surface area (Å²) in [7, 11) is 1.67. The molecule has 1 aliphatic rings. The highest BCUT2D eigenvalue weighted by molar-refractivity contribution is 5.76. The molecule has 0 atom stereocenters. The van der Waals surface area contributed by atoms with E-state index in [0.29, 0.717) is 19.6 Å². The van der Waals surface area contributed by atoms with Crippen LogP contribution in [0.1, 0.15) is 31.7 Å². The summed E-state index contributed by atoms with van der Waals surface area (Å²) in [6, 6.07) is 24.5. The van der Waals surface area contributed by atoms with Gasteiger partial charge in [-0.1, -0.05) is 48.5 Å². The maximum atomic E-state index is 12.5. The van der Waals surface area contributed by atoms with E-state index in [9.17, 15) is 4.79 Å². The fourth-order valence-corrected chi connectivity index (χ4v) is 4.86. The van der Waals surface area contributed by atoms with Gasteiger partial charge in [0.1, 0.15) is 11.5 Å². The van der Waals surface area contributed by atoms with Crippen LogP contribution in [0.4, 0.5) is 5.69 Å². The topological polar surface area (TPSA) is 54.0 Å². The number of carbonyl (C=O) groups excluding carboxylic acids is 1. The van der Waals surface area contributed by atoms with E-state index in [1.54, 1.807) is 7.11 Å². The molecule has 1 heterocycles. The van der Waals surface area contributed by atoms with Crippen molar-refractivity contribution >= 4 is 11.6 Å². The molecule has 0 aromatic heterocycles. The molecule has 0 unspecified atom stereocenters. The zero-order valence-corrected chi connectivity index (χ0v) is 22.1. The molecular weight excluding hydrogens is 462 g/mol. The number of nitrogens with zero attached hydrogens (tertiary/aromatic N) is 2. The van der Waals surface area contributed by atoms with Crippen LogP contribution in [0.15, 0.2) is 72.8 Å². The largest absolute Gasteiger partial charge is 0.497 e. The van der Waals surface area contributed by atoms with Gasteiger partial charge in [-0.3, -0.25) is 9.69 Å². The Hall–Kier alpha value is -3.51. The summed E-state index contributed by atoms with van der Waals surface area (Å²) in [5.74, 6) is 1.90. The third-order valence-electron chi connectivity index (χ3n) is 6.88. The van der Waals surface area contributed by atoms with Crippen LogP contribution in [0.25, 0.3) is 11.1 Å². The maximum absolute atomic E-state index is 12.5. The minimum atomic E-state index is 0.109. The van der Waals surface area contributed by atoms with Gasteiger partial charge in [-0.25, -0.2) is 0 Å². The van der Waals surface area contributed by atoms with Gasteiger partial charge in [-0.15, -0.1) is 0 Å². The lowest BCUT2D eigenvalue weighted by atomic mass is 9.99. The van der Waals surface area contributed by atoms with Gasteiger partial charge in [0.25, 0.3) is 0 Å². The number of unbranched alkanes of at least 4 members (excludes halogenated alkanes) is 1. The Morgan fingerprint density at radius 2 is 1.70 bits per heavy atom. The van der Waals surface area contributed by atoms with Gasteiger partial charge >= 0.3 is 0 Å². The lowest BCUT2D eigenvalue weighted by molar-refractivity contribution is -0.121. The highest BCUT2D eigenvalue weighted by atomic mass is 16.5. The second-order valence-electron chi connectivity index (χ2n) is 9.35. The molecule has 0 bridgehead atoms. The molecule has 4 rings (SSSR count). The van der Waals surface area contributed by atoms with E-state index in [4.69, 9.17) is 9.47 Å². The lowest BCUT2D eigenvalue weighted by Gasteiger charge is -2.36. The molecular formula is C31H39N3O3. The van der Waals surface area contributed by atoms with Crippen LogP contribution in [-0.2, 0) is 11.3 Å². The van der Waals surface area contributed by atoms with Crippen LogP contribution >= 0.6 is 0 Å². The molecule has 6 heteroatoms. The Bertz CT molecular complexity index is 1140. The van der Waals surface area contributed by atoms with E-state index in [1.165, 1.54) is 5.69 Å². The highest BCUT2D eigenvalue weighted by Gasteiger charge is 2.19. The quantitative estimate of drug-likeness (QED) is 0.338. The zero-order valence-electron chi connectivity index (χ0n) is 22.1. The average Bonchev–Trinajstić information content (AvgIpc) is 2.95. The first-order chi connectivity index (χ1) is 18.2. The summed E-state index contributed by atoms with van der Waals surface area (Å²) in [6.07, 6.45) is 2.49. The van der Waals surface area contributed by atoms with E-state index >= 15 is 0 Å². The SMILES string of the molecule is CCOc1ccccc1N1CCN(CCCCC(=O)NCc2ccccc2-c2cccc(OC)c2)CC1. The number of hydrogen-bond donors (Lipinski definition) is 1. The summed E-state index contributed by atoms with van der Waals surface area (Å²) >= 11 is 0. The predicted molar refractivity (Wildman–Crippen MR) is 150 cm³/mol. The number of methoxy groups -OCH3 is 1. The highest BCUT2D eigenvalue weighted by Crippen LogP contribution is 2.29. The van der Waals surface area contributed by atoms with Crippen LogP contribution in [-0.4, -0.2) is 57.2 Å². The minimum absolute atomic E-state index is 0.109. The minimum Gasteiger partial charge on any atom is -0.497 e. The Kier molecular flexibility index (Phi) is 9.83. The van der Waals surface area contributed by atoms with Crippen LogP contribution in [0.3, 0.4) is 0 Å². The maximum Gasteiger partial charge on any atom is 0.220 e. The van der Waals surface area contributed by atoms with Crippen molar-refractivity contribution in [3.63, 3.8) is 0 Å². The monoisotopic (exact) mass is 501 g/mol. The number of carbonyl (C=O) groups is 1. The number of hydrogen-bond acceptors (Lipinski definition) is 5. The molecule has 3 aromatic carbocycles. The van der Waals surface area contributed by atoms with Crippen LogP contribution in [0.5, 0.6) is 11.5 Å². The third kappa shape index (κ3) is 7.49. The van der Waals surface area contributed by atoms with Crippen molar-refractivity contribution in [1.29, 1.82) is 0 Å². The van der Waals surface area contributed by atoms with Crippen LogP contribution in [0.2, 0.25) is 0 Å². The second kappa shape index (κ2) is 13.7. The number of para-hydroxylation sites is 2. The molecule has 3 aromatic rings. The van der Waals surface area contributed by atoms with Gasteiger partial charge in [0, 0.05) is 39.1 Å². The van der Waals surface area contributed by atoms with E-state index in [2.05, 4.69) is 45.4 Å². The number of benzene rings is 3. The molecule has 0 radical (unpaired) electrons. The summed E-state index contributed by atoms with van der Waals surface area (Å²) in [5, 5.41) is 3.11. The van der Waals surface area contributed by atoms with E-state index in [1.807, 2.05) is 49.4 Å². The summed E-state index contributed by atoms with van der Waals surface area (Å²) < 4.78 is 11.2. The van der Waals surface area contributed by atoms with Crippen molar-refractivity contribution in [3.05, 3.63) is 78.4 Å². The molecule has 196 valence electrons. The van der Waals surface area contributed by atoms with Gasteiger partial charge in [0.15, 0.2) is 0 Å². The van der Waals surface area contributed by atoms with E-state index < -0.39 is 0 Å². The molecule has 1 N–H and O–H groups in total. The fraction of sp³-hybridized carbons (Fsp3) is 0.387. The number of amides is 1. The van der Waals surface area contributed by atoms with Gasteiger partial charge in [-0.2, -0.15) is 0 Å². The Morgan fingerprint density at radius 3 is 2.51 bits per heavy atom. The number of ether oxygens (including phenoxy) is 2. The number of piperazine rings is 1. The smallest absolute Gasteiger partial charge is 0.220 e. The molecule has 1 fully saturated rings. The summed E-state index contributed by atoms with van der Waals surface area (Å²) in [4.78, 5) is 17.5. The Morgan fingerprint density at radius 1 is 0.919 bits per heavy atom. The van der Waals surface area contributed by atoms with E-state index in [0.717, 1.165) is 73.8 Å². The normalized spacial score (nSPS) is 13.8. The van der Waals surface area contributed by atoms with Crippen molar-refractivity contribution in [1.82, 2.24) is 10.2 Å². The average molecular weight is 502 g/mol. The first-order valence-corrected chi connectivity index (χ1v) is 13.4. The summed E-state index contributed by atoms with van der Waals surface area (Å²) in [6.45, 7) is 8.33. The van der Waals surface area contributed by atoms with Crippen LogP contribution in [0, 0.1) is 0 Å². The molecule has 0 spiro atoms. The first kappa shape index (κ1) is 26.6. The Balaban J connectivity index is 1.17. The summed E-state index contributed by atoms with van der Waals surface area (Å²) in [5.41, 5.74) is 4.50. The van der Waals surface area contributed by atoms with Crippen molar-refractivity contribution in [2.75, 3.05) is 51.3 Å². The van der Waals surface area contributed by atoms with Gasteiger partial charge in [-0.05, 0) is 67.3 Å². The molecule has 0 saturated carbocycles. The molecule has 37 heavy (non-hydrogen) atoms. The van der Waals surface area contributed by atoms with Crippen molar-refractivity contribution in [3.8, 4) is 22.6 Å². The fourth-order valence-electron chi connectivity index (χ4n) is 4.86. The molecule has 1 saturated heterocycles. The van der Waals surface area contributed by atoms with Gasteiger partial charge < -0.3 is 19.7 Å². The van der Waals surface area contributed by atoms with Crippen molar-refractivity contribution in [2.24, 2.45) is 0 Å². The molecule has 0 aliphatic carbocycles. The molecule has 1 amide bonds. The van der Waals surface area contributed by atoms with Gasteiger partial charge in [0.05, 0.1) is 19.4 Å².